The van der Waals surface area contributed by atoms with Crippen molar-refractivity contribution in [3.8, 4) is 0 Å². The molecule has 0 saturated heterocycles. The highest BCUT2D eigenvalue weighted by Gasteiger charge is 2.83. The molecule has 0 aromatic rings. The Morgan fingerprint density at radius 3 is 0.879 bits per heavy atom. The van der Waals surface area contributed by atoms with E-state index in [1.54, 1.807) is 0 Å². The van der Waals surface area contributed by atoms with E-state index in [9.17, 15) is 95.5 Å². The van der Waals surface area contributed by atoms with Crippen LogP contribution in [0.4, 0.5) is 70.2 Å². The van der Waals surface area contributed by atoms with E-state index in [4.69, 9.17) is 0 Å². The maximum atomic E-state index is 13.7. The Labute approximate surface area is 169 Å². The minimum Gasteiger partial charge on any atom is -0.220 e. The molecule has 0 atom stereocenters. The van der Waals surface area contributed by atoms with Crippen molar-refractivity contribution in [3.63, 3.8) is 0 Å². The largest absolute Gasteiger partial charge is 0.499 e. The van der Waals surface area contributed by atoms with Crippen molar-refractivity contribution in [2.24, 2.45) is 0 Å². The normalized spacial score (nSPS) is 16.5. The number of rotatable bonds is 6. The molecule has 33 heavy (non-hydrogen) atoms. The first-order valence-corrected chi connectivity index (χ1v) is 10.9. The molecule has 0 heterocycles. The lowest BCUT2D eigenvalue weighted by atomic mass is 10.5. The summed E-state index contributed by atoms with van der Waals surface area (Å²) in [6.45, 7) is 0. The fourth-order valence-electron chi connectivity index (χ4n) is 1.60. The fraction of sp³-hybridized carbons (Fsp3) is 1.00. The van der Waals surface area contributed by atoms with Crippen LogP contribution in [0.25, 0.3) is 0 Å². The smallest absolute Gasteiger partial charge is 0.220 e. The summed E-state index contributed by atoms with van der Waals surface area (Å²) < 4.78 is 263. The van der Waals surface area contributed by atoms with E-state index in [0.717, 1.165) is 0 Å². The second-order valence-corrected chi connectivity index (χ2v) is 12.2. The molecule has 0 saturated carbocycles. The molecule has 0 fully saturated rings. The molecule has 0 radical (unpaired) electrons. The molecule has 0 bridgehead atoms. The SMILES string of the molecule is O=S(=O)(C(S(=O)(=O)C(F)(F)F)S(=O)(=O)C(F)(F)C(F)(F)N(C(F)(F)F)C(F)(F)F)C(F)(F)F. The molecule has 7 nitrogen and oxygen atoms in total. The maximum absolute atomic E-state index is 13.7. The van der Waals surface area contributed by atoms with Crippen molar-refractivity contribution in [2.45, 2.75) is 38.8 Å². The zero-order chi connectivity index (χ0) is 27.7. The molecule has 0 aliphatic carbocycles. The predicted molar refractivity (Wildman–Crippen MR) is 66.5 cm³/mol. The molecule has 0 unspecified atom stereocenters. The Hall–Kier alpha value is -1.31. The third-order valence-corrected chi connectivity index (χ3v) is 11.2. The Morgan fingerprint density at radius 1 is 0.455 bits per heavy atom. The molecule has 0 spiro atoms. The Bertz CT molecular complexity index is 1000. The van der Waals surface area contributed by atoms with Crippen LogP contribution in [-0.2, 0) is 29.5 Å². The summed E-state index contributed by atoms with van der Waals surface area (Å²) in [5.74, 6) is 0. The number of hydrogen-bond acceptors (Lipinski definition) is 7. The van der Waals surface area contributed by atoms with Crippen LogP contribution >= 0.6 is 0 Å². The number of sulfone groups is 3. The molecule has 200 valence electrons. The van der Waals surface area contributed by atoms with Crippen LogP contribution in [-0.4, -0.2) is 69.0 Å². The Morgan fingerprint density at radius 2 is 0.697 bits per heavy atom. The fourth-order valence-corrected chi connectivity index (χ4v) is 8.75. The predicted octanol–water partition coefficient (Wildman–Crippen LogP) is 3.08. The lowest BCUT2D eigenvalue weighted by Crippen LogP contribution is -2.68. The van der Waals surface area contributed by atoms with Gasteiger partial charge >= 0.3 is 34.9 Å². The van der Waals surface area contributed by atoms with Crippen molar-refractivity contribution in [3.05, 3.63) is 0 Å². The van der Waals surface area contributed by atoms with Crippen molar-refractivity contribution < 1.29 is 95.5 Å². The molecular formula is C7HF16NO6S3. The summed E-state index contributed by atoms with van der Waals surface area (Å²) in [6, 6.07) is -8.47. The van der Waals surface area contributed by atoms with E-state index in [0.29, 0.717) is 0 Å². The third kappa shape index (κ3) is 5.06. The Balaban J connectivity index is 7.68. The van der Waals surface area contributed by atoms with Crippen LogP contribution in [0.3, 0.4) is 0 Å². The summed E-state index contributed by atoms with van der Waals surface area (Å²) in [7, 11) is -26.9. The average molecular weight is 595 g/mol. The van der Waals surface area contributed by atoms with Gasteiger partial charge in [-0.05, 0) is 0 Å². The van der Waals surface area contributed by atoms with Gasteiger partial charge in [0.15, 0.2) is 0 Å². The van der Waals surface area contributed by atoms with Gasteiger partial charge in [-0.2, -0.15) is 70.2 Å². The number of hydrogen-bond donors (Lipinski definition) is 0. The second kappa shape index (κ2) is 7.85. The van der Waals surface area contributed by atoms with E-state index in [2.05, 4.69) is 0 Å². The highest BCUT2D eigenvalue weighted by Crippen LogP contribution is 2.53. The van der Waals surface area contributed by atoms with Gasteiger partial charge in [0.25, 0.3) is 33.4 Å². The van der Waals surface area contributed by atoms with Crippen LogP contribution in [0.1, 0.15) is 0 Å². The summed E-state index contributed by atoms with van der Waals surface area (Å²) in [4.78, 5) is -4.62. The molecule has 26 heteroatoms. The van der Waals surface area contributed by atoms with Gasteiger partial charge in [0.1, 0.15) is 0 Å². The van der Waals surface area contributed by atoms with Gasteiger partial charge < -0.3 is 0 Å². The van der Waals surface area contributed by atoms with Gasteiger partial charge in [-0.25, -0.2) is 25.3 Å². The number of alkyl halides is 16. The van der Waals surface area contributed by atoms with Gasteiger partial charge in [-0.1, -0.05) is 4.90 Å². The van der Waals surface area contributed by atoms with Crippen LogP contribution < -0.4 is 0 Å². The summed E-state index contributed by atoms with van der Waals surface area (Å²) in [5.41, 5.74) is -15.2. The summed E-state index contributed by atoms with van der Waals surface area (Å²) >= 11 is 0. The number of halogens is 16. The lowest BCUT2D eigenvalue weighted by molar-refractivity contribution is -0.459. The van der Waals surface area contributed by atoms with E-state index in [-0.39, 0.29) is 0 Å². The Kier molecular flexibility index (Phi) is 7.54. The van der Waals surface area contributed by atoms with Crippen LogP contribution in [0.2, 0.25) is 0 Å². The molecule has 0 aliphatic heterocycles. The molecule has 0 N–H and O–H groups in total. The van der Waals surface area contributed by atoms with E-state index in [1.165, 1.54) is 0 Å². The van der Waals surface area contributed by atoms with Crippen molar-refractivity contribution in [1.29, 1.82) is 0 Å². The highest BCUT2D eigenvalue weighted by atomic mass is 32.3. The maximum Gasteiger partial charge on any atom is 0.499 e. The van der Waals surface area contributed by atoms with Crippen molar-refractivity contribution in [2.75, 3.05) is 0 Å². The standard InChI is InChI=1S/C7HF16NO6S3/c8-2(9,24(4(12,13)14)5(15,16)17)3(10,11)31(25,26)1(32(27,28)6(18,19)20)33(29,30)7(21,22)23/h1H. The van der Waals surface area contributed by atoms with Crippen LogP contribution in [0.5, 0.6) is 0 Å². The molecule has 0 aliphatic rings. The zero-order valence-electron chi connectivity index (χ0n) is 13.7. The highest BCUT2D eigenvalue weighted by molar-refractivity contribution is 8.25. The molecular weight excluding hydrogens is 594 g/mol. The van der Waals surface area contributed by atoms with Crippen molar-refractivity contribution >= 4 is 29.5 Å². The monoisotopic (exact) mass is 595 g/mol. The molecule has 0 aromatic carbocycles. The zero-order valence-corrected chi connectivity index (χ0v) is 16.2. The minimum absolute atomic E-state index is 4.62. The first-order valence-electron chi connectivity index (χ1n) is 6.26. The molecule has 0 aromatic heterocycles. The first kappa shape index (κ1) is 31.7. The van der Waals surface area contributed by atoms with Crippen LogP contribution in [0, 0.1) is 0 Å². The summed E-state index contributed by atoms with van der Waals surface area (Å²) in [6.07, 6.45) is -15.6. The average Bonchev–Trinajstić information content (AvgIpc) is 2.38. The van der Waals surface area contributed by atoms with Crippen LogP contribution in [0.15, 0.2) is 0 Å². The van der Waals surface area contributed by atoms with Gasteiger partial charge in [0.2, 0.25) is 0 Å². The lowest BCUT2D eigenvalue weighted by Gasteiger charge is -2.37. The van der Waals surface area contributed by atoms with Gasteiger partial charge in [-0.15, -0.1) is 0 Å². The van der Waals surface area contributed by atoms with E-state index >= 15 is 0 Å². The topological polar surface area (TPSA) is 106 Å². The molecule has 0 rings (SSSR count). The van der Waals surface area contributed by atoms with E-state index < -0.39 is 73.2 Å². The second-order valence-electron chi connectivity index (χ2n) is 5.14. The van der Waals surface area contributed by atoms with E-state index in [1.807, 2.05) is 0 Å². The quantitative estimate of drug-likeness (QED) is 0.344. The number of nitrogens with zero attached hydrogens (tertiary/aromatic N) is 1. The first-order chi connectivity index (χ1) is 13.7. The molecule has 0 amide bonds. The third-order valence-electron chi connectivity index (χ3n) is 2.90. The van der Waals surface area contributed by atoms with Gasteiger partial charge in [-0.3, -0.25) is 0 Å². The van der Waals surface area contributed by atoms with Crippen molar-refractivity contribution in [1.82, 2.24) is 4.90 Å². The van der Waals surface area contributed by atoms with Gasteiger partial charge in [0, 0.05) is 0 Å². The van der Waals surface area contributed by atoms with Gasteiger partial charge in [0.05, 0.1) is 0 Å². The minimum atomic E-state index is -9.35. The summed E-state index contributed by atoms with van der Waals surface area (Å²) in [5, 5.41) is -8.54.